The molecule has 0 aliphatic heterocycles. The van der Waals surface area contributed by atoms with Gasteiger partial charge in [-0.25, -0.2) is 8.78 Å². The Kier molecular flexibility index (Phi) is 3.35. The molecule has 1 rings (SSSR count). The summed E-state index contributed by atoms with van der Waals surface area (Å²) in [6, 6.07) is 0.797. The van der Waals surface area contributed by atoms with E-state index in [0.29, 0.717) is 6.54 Å². The van der Waals surface area contributed by atoms with Crippen molar-refractivity contribution in [1.82, 2.24) is 5.32 Å². The van der Waals surface area contributed by atoms with Crippen LogP contribution in [0.3, 0.4) is 0 Å². The van der Waals surface area contributed by atoms with E-state index in [9.17, 15) is 13.2 Å². The first-order chi connectivity index (χ1) is 6.57. The standard InChI is InChI=1S/C9H10F3NO/c1-13-3-2-5-4-6(10)7(11)8(12)9(5)14/h4,13-14H,2-3H2,1H3. The fourth-order valence-corrected chi connectivity index (χ4v) is 1.08. The Morgan fingerprint density at radius 1 is 1.29 bits per heavy atom. The molecule has 0 atom stereocenters. The number of aromatic hydroxyl groups is 1. The number of phenolic OH excluding ortho intramolecular Hbond substituents is 1. The predicted molar refractivity (Wildman–Crippen MR) is 45.6 cm³/mol. The van der Waals surface area contributed by atoms with E-state index in [2.05, 4.69) is 5.32 Å². The van der Waals surface area contributed by atoms with Crippen LogP contribution in [0.15, 0.2) is 6.07 Å². The predicted octanol–water partition coefficient (Wildman–Crippen LogP) is 1.57. The number of nitrogens with one attached hydrogen (secondary N) is 1. The Morgan fingerprint density at radius 3 is 2.50 bits per heavy atom. The van der Waals surface area contributed by atoms with Gasteiger partial charge in [-0.15, -0.1) is 0 Å². The van der Waals surface area contributed by atoms with E-state index in [1.54, 1.807) is 7.05 Å². The zero-order valence-electron chi connectivity index (χ0n) is 7.57. The van der Waals surface area contributed by atoms with Crippen molar-refractivity contribution in [2.24, 2.45) is 0 Å². The van der Waals surface area contributed by atoms with Crippen LogP contribution in [0.4, 0.5) is 13.2 Å². The second-order valence-electron chi connectivity index (χ2n) is 2.85. The van der Waals surface area contributed by atoms with Crippen molar-refractivity contribution in [3.63, 3.8) is 0 Å². The first kappa shape index (κ1) is 10.8. The Bertz CT molecular complexity index is 341. The van der Waals surface area contributed by atoms with Gasteiger partial charge in [0.15, 0.2) is 17.4 Å². The summed E-state index contributed by atoms with van der Waals surface area (Å²) in [5.41, 5.74) is 0.0516. The molecule has 1 aromatic rings. The van der Waals surface area contributed by atoms with Crippen molar-refractivity contribution in [1.29, 1.82) is 0 Å². The van der Waals surface area contributed by atoms with Gasteiger partial charge in [0.05, 0.1) is 0 Å². The SMILES string of the molecule is CNCCc1cc(F)c(F)c(F)c1O. The Hall–Kier alpha value is -1.23. The lowest BCUT2D eigenvalue weighted by atomic mass is 10.1. The van der Waals surface area contributed by atoms with Crippen LogP contribution in [-0.4, -0.2) is 18.7 Å². The van der Waals surface area contributed by atoms with Gasteiger partial charge in [0.2, 0.25) is 5.82 Å². The lowest BCUT2D eigenvalue weighted by Gasteiger charge is -2.06. The topological polar surface area (TPSA) is 32.3 Å². The van der Waals surface area contributed by atoms with Crippen LogP contribution in [0.5, 0.6) is 5.75 Å². The number of likely N-dealkylation sites (N-methyl/N-ethyl adjacent to an activating group) is 1. The molecule has 0 fully saturated rings. The summed E-state index contributed by atoms with van der Waals surface area (Å²) >= 11 is 0. The van der Waals surface area contributed by atoms with Crippen molar-refractivity contribution >= 4 is 0 Å². The minimum atomic E-state index is -1.64. The van der Waals surface area contributed by atoms with Gasteiger partial charge in [-0.2, -0.15) is 4.39 Å². The molecule has 2 nitrogen and oxygen atoms in total. The normalized spacial score (nSPS) is 10.6. The smallest absolute Gasteiger partial charge is 0.203 e. The number of halogens is 3. The highest BCUT2D eigenvalue weighted by Gasteiger charge is 2.17. The molecule has 0 spiro atoms. The average molecular weight is 205 g/mol. The summed E-state index contributed by atoms with van der Waals surface area (Å²) < 4.78 is 38.1. The molecule has 14 heavy (non-hydrogen) atoms. The summed E-state index contributed by atoms with van der Waals surface area (Å²) in [5, 5.41) is 11.9. The summed E-state index contributed by atoms with van der Waals surface area (Å²) in [5.74, 6) is -5.28. The van der Waals surface area contributed by atoms with E-state index in [1.807, 2.05) is 0 Å². The molecule has 0 aliphatic carbocycles. The Labute approximate surface area is 79.4 Å². The molecule has 2 N–H and O–H groups in total. The van der Waals surface area contributed by atoms with Crippen molar-refractivity contribution in [2.75, 3.05) is 13.6 Å². The van der Waals surface area contributed by atoms with Crippen molar-refractivity contribution in [3.8, 4) is 5.75 Å². The van der Waals surface area contributed by atoms with E-state index in [1.165, 1.54) is 0 Å². The maximum atomic E-state index is 12.8. The number of rotatable bonds is 3. The molecule has 0 heterocycles. The third-order valence-electron chi connectivity index (χ3n) is 1.86. The van der Waals surface area contributed by atoms with E-state index < -0.39 is 23.2 Å². The van der Waals surface area contributed by atoms with E-state index in [-0.39, 0.29) is 12.0 Å². The van der Waals surface area contributed by atoms with Gasteiger partial charge in [-0.05, 0) is 26.1 Å². The van der Waals surface area contributed by atoms with Crippen molar-refractivity contribution < 1.29 is 18.3 Å². The molecule has 0 radical (unpaired) electrons. The van der Waals surface area contributed by atoms with Gasteiger partial charge >= 0.3 is 0 Å². The summed E-state index contributed by atoms with van der Waals surface area (Å²) in [6.07, 6.45) is 0.233. The number of phenols is 1. The molecule has 0 saturated carbocycles. The molecule has 1 aromatic carbocycles. The van der Waals surface area contributed by atoms with Crippen LogP contribution >= 0.6 is 0 Å². The minimum absolute atomic E-state index is 0.0516. The Morgan fingerprint density at radius 2 is 1.93 bits per heavy atom. The molecule has 0 aliphatic rings. The third-order valence-corrected chi connectivity index (χ3v) is 1.86. The van der Waals surface area contributed by atoms with Crippen LogP contribution in [0.2, 0.25) is 0 Å². The molecule has 78 valence electrons. The van der Waals surface area contributed by atoms with Crippen LogP contribution in [0, 0.1) is 17.5 Å². The molecule has 0 amide bonds. The van der Waals surface area contributed by atoms with Gasteiger partial charge in [0.25, 0.3) is 0 Å². The second kappa shape index (κ2) is 4.32. The van der Waals surface area contributed by atoms with E-state index in [0.717, 1.165) is 6.07 Å². The highest BCUT2D eigenvalue weighted by molar-refractivity contribution is 5.35. The lowest BCUT2D eigenvalue weighted by molar-refractivity contribution is 0.381. The molecular formula is C9H10F3NO. The third kappa shape index (κ3) is 1.98. The van der Waals surface area contributed by atoms with Gasteiger partial charge < -0.3 is 10.4 Å². The van der Waals surface area contributed by atoms with Gasteiger partial charge in [-0.3, -0.25) is 0 Å². The van der Waals surface area contributed by atoms with E-state index in [4.69, 9.17) is 5.11 Å². The van der Waals surface area contributed by atoms with Gasteiger partial charge in [0.1, 0.15) is 0 Å². The second-order valence-corrected chi connectivity index (χ2v) is 2.85. The molecule has 0 saturated heterocycles. The molecule has 0 unspecified atom stereocenters. The van der Waals surface area contributed by atoms with Crippen LogP contribution in [0.25, 0.3) is 0 Å². The van der Waals surface area contributed by atoms with Crippen molar-refractivity contribution in [2.45, 2.75) is 6.42 Å². The molecule has 0 aromatic heterocycles. The van der Waals surface area contributed by atoms with Gasteiger partial charge in [-0.1, -0.05) is 0 Å². The molecule has 5 heteroatoms. The number of benzene rings is 1. The van der Waals surface area contributed by atoms with Crippen molar-refractivity contribution in [3.05, 3.63) is 29.1 Å². The Balaban J connectivity index is 3.06. The summed E-state index contributed by atoms with van der Waals surface area (Å²) in [7, 11) is 1.66. The fraction of sp³-hybridized carbons (Fsp3) is 0.333. The van der Waals surface area contributed by atoms with E-state index >= 15 is 0 Å². The molecule has 0 bridgehead atoms. The highest BCUT2D eigenvalue weighted by atomic mass is 19.2. The van der Waals surface area contributed by atoms with Crippen LogP contribution in [0.1, 0.15) is 5.56 Å². The maximum absolute atomic E-state index is 12.8. The largest absolute Gasteiger partial charge is 0.505 e. The monoisotopic (exact) mass is 205 g/mol. The fourth-order valence-electron chi connectivity index (χ4n) is 1.08. The lowest BCUT2D eigenvalue weighted by Crippen LogP contribution is -2.11. The zero-order chi connectivity index (χ0) is 10.7. The van der Waals surface area contributed by atoms with Gasteiger partial charge in [0, 0.05) is 5.56 Å². The number of hydrogen-bond acceptors (Lipinski definition) is 2. The summed E-state index contributed by atoms with van der Waals surface area (Å²) in [4.78, 5) is 0. The van der Waals surface area contributed by atoms with Crippen LogP contribution in [-0.2, 0) is 6.42 Å². The first-order valence-electron chi connectivity index (χ1n) is 4.08. The van der Waals surface area contributed by atoms with Crippen LogP contribution < -0.4 is 5.32 Å². The highest BCUT2D eigenvalue weighted by Crippen LogP contribution is 2.25. The molecular weight excluding hydrogens is 195 g/mol. The minimum Gasteiger partial charge on any atom is -0.505 e. The first-order valence-corrected chi connectivity index (χ1v) is 4.08. The quantitative estimate of drug-likeness (QED) is 0.734. The number of hydrogen-bond donors (Lipinski definition) is 2. The summed E-state index contributed by atoms with van der Waals surface area (Å²) in [6.45, 7) is 0.443. The average Bonchev–Trinajstić information content (AvgIpc) is 2.18. The zero-order valence-corrected chi connectivity index (χ0v) is 7.57. The maximum Gasteiger partial charge on any atom is 0.203 e.